The molecule has 1 saturated heterocycles. The molecule has 0 bridgehead atoms. The van der Waals surface area contributed by atoms with Crippen molar-refractivity contribution in [2.75, 3.05) is 45.6 Å². The summed E-state index contributed by atoms with van der Waals surface area (Å²) in [5.41, 5.74) is 2.61. The van der Waals surface area contributed by atoms with Crippen molar-refractivity contribution in [3.8, 4) is 11.3 Å². The fourth-order valence-electron chi connectivity index (χ4n) is 4.38. The van der Waals surface area contributed by atoms with E-state index in [9.17, 15) is 9.59 Å². The number of aromatic amines is 1. The lowest BCUT2D eigenvalue weighted by atomic mass is 10.1. The van der Waals surface area contributed by atoms with Gasteiger partial charge < -0.3 is 25.4 Å². The number of hydrogen-bond acceptors (Lipinski definition) is 6. The average molecular weight is 524 g/mol. The molecule has 37 heavy (non-hydrogen) atoms. The molecule has 3 N–H and O–H groups in total. The second kappa shape index (κ2) is 12.7. The van der Waals surface area contributed by atoms with Gasteiger partial charge in [0.05, 0.1) is 16.9 Å². The Morgan fingerprint density at radius 3 is 2.95 bits per heavy atom. The van der Waals surface area contributed by atoms with E-state index in [1.165, 1.54) is 0 Å². The Morgan fingerprint density at radius 2 is 2.11 bits per heavy atom. The number of para-hydroxylation sites is 1. The number of aromatic nitrogens is 3. The minimum Gasteiger partial charge on any atom is -0.360 e. The van der Waals surface area contributed by atoms with Gasteiger partial charge in [0.2, 0.25) is 17.8 Å². The van der Waals surface area contributed by atoms with Crippen LogP contribution in [0.5, 0.6) is 0 Å². The number of unbranched alkanes of at least 4 members (excludes halogenated alkanes) is 1. The quantitative estimate of drug-likeness (QED) is 0.261. The molecule has 10 heteroatoms. The molecule has 0 unspecified atom stereocenters. The molecule has 1 atom stereocenters. The number of halogens is 1. The van der Waals surface area contributed by atoms with Crippen LogP contribution in [-0.2, 0) is 9.59 Å². The van der Waals surface area contributed by atoms with Crippen LogP contribution < -0.4 is 10.6 Å². The summed E-state index contributed by atoms with van der Waals surface area (Å²) < 4.78 is 0. The van der Waals surface area contributed by atoms with E-state index < -0.39 is 0 Å². The van der Waals surface area contributed by atoms with Crippen molar-refractivity contribution in [1.82, 2.24) is 30.1 Å². The third kappa shape index (κ3) is 7.30. The van der Waals surface area contributed by atoms with Gasteiger partial charge in [0.1, 0.15) is 0 Å². The minimum atomic E-state index is -0.0982. The molecule has 1 aromatic carbocycles. The summed E-state index contributed by atoms with van der Waals surface area (Å²) in [5, 5.41) is 7.77. The first-order valence-corrected chi connectivity index (χ1v) is 13.0. The second-order valence-corrected chi connectivity index (χ2v) is 9.93. The van der Waals surface area contributed by atoms with Gasteiger partial charge >= 0.3 is 0 Å². The lowest BCUT2D eigenvalue weighted by Gasteiger charge is -2.17. The molecule has 0 spiro atoms. The minimum absolute atomic E-state index is 0.0779. The van der Waals surface area contributed by atoms with Crippen LogP contribution in [0.15, 0.2) is 48.8 Å². The number of benzene rings is 1. The maximum atomic E-state index is 12.7. The molecular weight excluding hydrogens is 490 g/mol. The summed E-state index contributed by atoms with van der Waals surface area (Å²) in [6, 6.07) is 8.09. The zero-order chi connectivity index (χ0) is 26.2. The number of carbonyl (C=O) groups is 2. The smallest absolute Gasteiger partial charge is 0.243 e. The zero-order valence-electron chi connectivity index (χ0n) is 21.3. The fourth-order valence-corrected chi connectivity index (χ4v) is 4.57. The molecule has 2 aromatic heterocycles. The van der Waals surface area contributed by atoms with Crippen molar-refractivity contribution in [2.24, 2.45) is 0 Å². The molecule has 3 aromatic rings. The van der Waals surface area contributed by atoms with Crippen LogP contribution >= 0.6 is 11.6 Å². The van der Waals surface area contributed by atoms with Gasteiger partial charge in [-0.2, -0.15) is 0 Å². The van der Waals surface area contributed by atoms with Crippen LogP contribution in [0.1, 0.15) is 25.7 Å². The molecule has 1 fully saturated rings. The number of nitrogens with one attached hydrogen (secondary N) is 3. The Balaban J connectivity index is 1.22. The van der Waals surface area contributed by atoms with Crippen molar-refractivity contribution in [3.05, 3.63) is 53.8 Å². The maximum absolute atomic E-state index is 12.7. The highest BCUT2D eigenvalue weighted by molar-refractivity contribution is 6.33. The van der Waals surface area contributed by atoms with Crippen LogP contribution in [0.4, 0.5) is 5.95 Å². The number of amides is 2. The summed E-state index contributed by atoms with van der Waals surface area (Å²) in [6.07, 6.45) is 9.71. The third-order valence-corrected chi connectivity index (χ3v) is 6.60. The van der Waals surface area contributed by atoms with Crippen molar-refractivity contribution >= 4 is 40.3 Å². The van der Waals surface area contributed by atoms with Crippen LogP contribution in [0.2, 0.25) is 5.02 Å². The number of anilines is 1. The molecule has 3 heterocycles. The second-order valence-electron chi connectivity index (χ2n) is 9.52. The number of nitrogens with zero attached hydrogens (tertiary/aromatic N) is 4. The average Bonchev–Trinajstić information content (AvgIpc) is 3.52. The largest absolute Gasteiger partial charge is 0.360 e. The lowest BCUT2D eigenvalue weighted by Crippen LogP contribution is -2.32. The molecule has 196 valence electrons. The Morgan fingerprint density at radius 1 is 1.27 bits per heavy atom. The number of rotatable bonds is 11. The highest BCUT2D eigenvalue weighted by atomic mass is 35.5. The van der Waals surface area contributed by atoms with Crippen LogP contribution in [0.3, 0.4) is 0 Å². The molecular formula is C27H34ClN7O2. The van der Waals surface area contributed by atoms with E-state index in [4.69, 9.17) is 16.6 Å². The topological polar surface area (TPSA) is 106 Å². The van der Waals surface area contributed by atoms with E-state index in [-0.39, 0.29) is 17.9 Å². The van der Waals surface area contributed by atoms with Crippen LogP contribution in [-0.4, -0.2) is 82.9 Å². The Kier molecular flexibility index (Phi) is 9.14. The molecule has 2 amide bonds. The summed E-state index contributed by atoms with van der Waals surface area (Å²) in [4.78, 5) is 40.6. The van der Waals surface area contributed by atoms with Gasteiger partial charge in [-0.25, -0.2) is 9.97 Å². The summed E-state index contributed by atoms with van der Waals surface area (Å²) in [6.45, 7) is 2.60. The number of likely N-dealkylation sites (N-methyl/N-ethyl adjacent to an activating group) is 1. The standard InChI is InChI=1S/C27H34ClN7O2/c1-34(2)14-7-10-24(36)29-13-6-5-11-25(37)35-15-12-19(18-35)32-27-31-17-22(28)26(33-27)21-16-30-23-9-4-3-8-20(21)23/h3-4,7-10,16-17,19,30H,5-6,11-15,18H2,1-2H3,(H,29,36)(H,31,32,33)/t19-/m1/s1. The first kappa shape index (κ1) is 26.6. The maximum Gasteiger partial charge on any atom is 0.243 e. The number of H-pyrrole nitrogens is 1. The number of fused-ring (bicyclic) bond motifs is 1. The van der Waals surface area contributed by atoms with Crippen molar-refractivity contribution in [3.63, 3.8) is 0 Å². The van der Waals surface area contributed by atoms with E-state index >= 15 is 0 Å². The fraction of sp³-hybridized carbons (Fsp3) is 0.407. The predicted molar refractivity (Wildman–Crippen MR) is 147 cm³/mol. The lowest BCUT2D eigenvalue weighted by molar-refractivity contribution is -0.130. The normalized spacial score (nSPS) is 15.7. The summed E-state index contributed by atoms with van der Waals surface area (Å²) >= 11 is 6.44. The Labute approximate surface area is 222 Å². The highest BCUT2D eigenvalue weighted by Gasteiger charge is 2.26. The van der Waals surface area contributed by atoms with Gasteiger partial charge in [0, 0.05) is 67.4 Å². The SMILES string of the molecule is CN(C)CC=CC(=O)NCCCCC(=O)N1CC[C@@H](Nc2ncc(Cl)c(-c3c[nH]c4ccccc34)n2)C1. The molecule has 0 saturated carbocycles. The highest BCUT2D eigenvalue weighted by Crippen LogP contribution is 2.32. The molecule has 0 aliphatic carbocycles. The van der Waals surface area contributed by atoms with Gasteiger partial charge in [-0.1, -0.05) is 35.9 Å². The summed E-state index contributed by atoms with van der Waals surface area (Å²) in [7, 11) is 3.90. The van der Waals surface area contributed by atoms with E-state index in [1.54, 1.807) is 12.3 Å². The van der Waals surface area contributed by atoms with Gasteiger partial charge in [-0.05, 0) is 39.4 Å². The molecule has 1 aliphatic heterocycles. The third-order valence-electron chi connectivity index (χ3n) is 6.32. The van der Waals surface area contributed by atoms with Crippen molar-refractivity contribution in [2.45, 2.75) is 31.7 Å². The van der Waals surface area contributed by atoms with Gasteiger partial charge in [0.25, 0.3) is 0 Å². The first-order valence-electron chi connectivity index (χ1n) is 12.6. The zero-order valence-corrected chi connectivity index (χ0v) is 22.1. The number of hydrogen-bond donors (Lipinski definition) is 3. The van der Waals surface area contributed by atoms with Crippen molar-refractivity contribution < 1.29 is 9.59 Å². The monoisotopic (exact) mass is 523 g/mol. The van der Waals surface area contributed by atoms with Gasteiger partial charge in [-0.15, -0.1) is 0 Å². The number of carbonyl (C=O) groups excluding carboxylic acids is 2. The van der Waals surface area contributed by atoms with E-state index in [1.807, 2.05) is 60.4 Å². The predicted octanol–water partition coefficient (Wildman–Crippen LogP) is 3.70. The molecule has 4 rings (SSSR count). The van der Waals surface area contributed by atoms with Crippen molar-refractivity contribution in [1.29, 1.82) is 0 Å². The summed E-state index contributed by atoms with van der Waals surface area (Å²) in [5.74, 6) is 0.538. The van der Waals surface area contributed by atoms with Gasteiger partial charge in [0.15, 0.2) is 0 Å². The molecule has 9 nitrogen and oxygen atoms in total. The molecule has 1 aliphatic rings. The van der Waals surface area contributed by atoms with Crippen LogP contribution in [0, 0.1) is 0 Å². The van der Waals surface area contributed by atoms with Crippen LogP contribution in [0.25, 0.3) is 22.2 Å². The Bertz CT molecular complexity index is 1260. The molecule has 0 radical (unpaired) electrons. The van der Waals surface area contributed by atoms with E-state index in [0.717, 1.165) is 42.3 Å². The Hall–Kier alpha value is -3.43. The number of likely N-dealkylation sites (tertiary alicyclic amines) is 1. The first-order chi connectivity index (χ1) is 17.9. The van der Waals surface area contributed by atoms with E-state index in [2.05, 4.69) is 20.6 Å². The van der Waals surface area contributed by atoms with Gasteiger partial charge in [-0.3, -0.25) is 9.59 Å². The van der Waals surface area contributed by atoms with E-state index in [0.29, 0.717) is 42.7 Å².